The molecule has 2 rings (SSSR count). The molecule has 0 radical (unpaired) electrons. The fraction of sp³-hybridized carbons (Fsp3) is 0.125. The maximum atomic E-state index is 4.14. The molecule has 0 aliphatic heterocycles. The molecule has 0 atom stereocenters. The summed E-state index contributed by atoms with van der Waals surface area (Å²) in [5, 5.41) is 0. The van der Waals surface area contributed by atoms with Crippen molar-refractivity contribution in [2.75, 3.05) is 5.75 Å². The molecule has 0 heterocycles. The highest BCUT2D eigenvalue weighted by Gasteiger charge is 1.98. The van der Waals surface area contributed by atoms with Crippen LogP contribution in [0.5, 0.6) is 0 Å². The SMILES string of the molecule is C=C(CSCc1ccccc1)c1ccccc1. The normalized spacial score (nSPS) is 10.1. The maximum Gasteiger partial charge on any atom is 0.0187 e. The summed E-state index contributed by atoms with van der Waals surface area (Å²) in [4.78, 5) is 0. The molecule has 86 valence electrons. The van der Waals surface area contributed by atoms with Crippen LogP contribution in [0.2, 0.25) is 0 Å². The first-order valence-corrected chi connectivity index (χ1v) is 6.86. The van der Waals surface area contributed by atoms with Gasteiger partial charge >= 0.3 is 0 Å². The average molecular weight is 240 g/mol. The van der Waals surface area contributed by atoms with Crippen molar-refractivity contribution in [3.05, 3.63) is 78.4 Å². The van der Waals surface area contributed by atoms with Gasteiger partial charge in [-0.1, -0.05) is 67.2 Å². The van der Waals surface area contributed by atoms with Crippen LogP contribution in [0.4, 0.5) is 0 Å². The van der Waals surface area contributed by atoms with Crippen molar-refractivity contribution < 1.29 is 0 Å². The van der Waals surface area contributed by atoms with Crippen LogP contribution in [0.3, 0.4) is 0 Å². The molecule has 0 saturated heterocycles. The first kappa shape index (κ1) is 12.0. The summed E-state index contributed by atoms with van der Waals surface area (Å²) in [6.45, 7) is 4.14. The van der Waals surface area contributed by atoms with Gasteiger partial charge in [0.15, 0.2) is 0 Å². The molecule has 0 spiro atoms. The van der Waals surface area contributed by atoms with Gasteiger partial charge in [-0.2, -0.15) is 11.8 Å². The summed E-state index contributed by atoms with van der Waals surface area (Å²) in [6, 6.07) is 20.9. The van der Waals surface area contributed by atoms with E-state index in [4.69, 9.17) is 0 Å². The van der Waals surface area contributed by atoms with E-state index in [9.17, 15) is 0 Å². The molecule has 0 unspecified atom stereocenters. The second kappa shape index (κ2) is 6.31. The molecule has 0 fully saturated rings. The zero-order valence-electron chi connectivity index (χ0n) is 9.80. The summed E-state index contributed by atoms with van der Waals surface area (Å²) < 4.78 is 0. The number of hydrogen-bond donors (Lipinski definition) is 0. The fourth-order valence-electron chi connectivity index (χ4n) is 1.62. The number of rotatable bonds is 5. The Morgan fingerprint density at radius 2 is 1.47 bits per heavy atom. The summed E-state index contributed by atoms with van der Waals surface area (Å²) in [6.07, 6.45) is 0. The number of benzene rings is 2. The van der Waals surface area contributed by atoms with E-state index in [-0.39, 0.29) is 0 Å². The van der Waals surface area contributed by atoms with Crippen molar-refractivity contribution in [1.82, 2.24) is 0 Å². The van der Waals surface area contributed by atoms with Crippen LogP contribution in [0, 0.1) is 0 Å². The Bertz CT molecular complexity index is 459. The van der Waals surface area contributed by atoms with Gasteiger partial charge in [0.1, 0.15) is 0 Å². The number of hydrogen-bond acceptors (Lipinski definition) is 1. The smallest absolute Gasteiger partial charge is 0.0187 e. The van der Waals surface area contributed by atoms with E-state index in [1.54, 1.807) is 0 Å². The molecular weight excluding hydrogens is 224 g/mol. The van der Waals surface area contributed by atoms with E-state index in [1.165, 1.54) is 16.7 Å². The minimum atomic E-state index is 0.985. The average Bonchev–Trinajstić information content (AvgIpc) is 2.41. The predicted octanol–water partition coefficient (Wildman–Crippen LogP) is 4.63. The zero-order chi connectivity index (χ0) is 11.9. The van der Waals surface area contributed by atoms with Crippen molar-refractivity contribution in [3.63, 3.8) is 0 Å². The fourth-order valence-corrected chi connectivity index (χ4v) is 2.57. The molecule has 0 saturated carbocycles. The second-order valence-corrected chi connectivity index (χ2v) is 4.93. The zero-order valence-corrected chi connectivity index (χ0v) is 10.6. The summed E-state index contributed by atoms with van der Waals surface area (Å²) >= 11 is 1.91. The Kier molecular flexibility index (Phi) is 4.45. The van der Waals surface area contributed by atoms with Gasteiger partial charge in [0, 0.05) is 11.5 Å². The van der Waals surface area contributed by atoms with E-state index < -0.39 is 0 Å². The van der Waals surface area contributed by atoms with E-state index in [0.29, 0.717) is 0 Å². The van der Waals surface area contributed by atoms with Crippen molar-refractivity contribution in [2.45, 2.75) is 5.75 Å². The van der Waals surface area contributed by atoms with Gasteiger partial charge in [-0.25, -0.2) is 0 Å². The topological polar surface area (TPSA) is 0 Å². The third kappa shape index (κ3) is 3.79. The first-order chi connectivity index (χ1) is 8.36. The lowest BCUT2D eigenvalue weighted by Gasteiger charge is -2.05. The second-order valence-electron chi connectivity index (χ2n) is 3.95. The molecule has 0 amide bonds. The van der Waals surface area contributed by atoms with Gasteiger partial charge < -0.3 is 0 Å². The third-order valence-corrected chi connectivity index (χ3v) is 3.66. The van der Waals surface area contributed by atoms with E-state index in [1.807, 2.05) is 17.8 Å². The lowest BCUT2D eigenvalue weighted by atomic mass is 10.1. The Hall–Kier alpha value is -1.47. The van der Waals surface area contributed by atoms with Crippen LogP contribution in [0.25, 0.3) is 5.57 Å². The molecule has 0 nitrogen and oxygen atoms in total. The van der Waals surface area contributed by atoms with Gasteiger partial charge in [-0.15, -0.1) is 0 Å². The molecule has 1 heteroatoms. The van der Waals surface area contributed by atoms with Crippen LogP contribution >= 0.6 is 11.8 Å². The third-order valence-electron chi connectivity index (χ3n) is 2.57. The predicted molar refractivity (Wildman–Crippen MR) is 78.1 cm³/mol. The van der Waals surface area contributed by atoms with E-state index >= 15 is 0 Å². The van der Waals surface area contributed by atoms with Crippen LogP contribution < -0.4 is 0 Å². The summed E-state index contributed by atoms with van der Waals surface area (Å²) in [7, 11) is 0. The highest BCUT2D eigenvalue weighted by atomic mass is 32.2. The van der Waals surface area contributed by atoms with Gasteiger partial charge in [-0.3, -0.25) is 0 Å². The molecule has 0 N–H and O–H groups in total. The van der Waals surface area contributed by atoms with Crippen LogP contribution in [-0.2, 0) is 5.75 Å². The van der Waals surface area contributed by atoms with Crippen LogP contribution in [0.1, 0.15) is 11.1 Å². The molecule has 0 bridgehead atoms. The number of thioether (sulfide) groups is 1. The van der Waals surface area contributed by atoms with Gasteiger partial charge in [0.05, 0.1) is 0 Å². The largest absolute Gasteiger partial charge is 0.152 e. The monoisotopic (exact) mass is 240 g/mol. The Morgan fingerprint density at radius 3 is 2.12 bits per heavy atom. The molecule has 0 aliphatic carbocycles. The van der Waals surface area contributed by atoms with Crippen LogP contribution in [-0.4, -0.2) is 5.75 Å². The molecule has 2 aromatic carbocycles. The quantitative estimate of drug-likeness (QED) is 0.734. The molecule has 0 aliphatic rings. The lowest BCUT2D eigenvalue weighted by Crippen LogP contribution is -1.87. The maximum absolute atomic E-state index is 4.14. The molecular formula is C16H16S. The Labute approximate surface area is 107 Å². The first-order valence-electron chi connectivity index (χ1n) is 5.71. The summed E-state index contributed by atoms with van der Waals surface area (Å²) in [5.41, 5.74) is 3.82. The molecule has 0 aromatic heterocycles. The van der Waals surface area contributed by atoms with Crippen molar-refractivity contribution in [2.24, 2.45) is 0 Å². The van der Waals surface area contributed by atoms with Gasteiger partial charge in [-0.05, 0) is 16.7 Å². The Morgan fingerprint density at radius 1 is 0.882 bits per heavy atom. The van der Waals surface area contributed by atoms with Crippen molar-refractivity contribution in [1.29, 1.82) is 0 Å². The highest BCUT2D eigenvalue weighted by molar-refractivity contribution is 7.98. The van der Waals surface area contributed by atoms with Crippen molar-refractivity contribution in [3.8, 4) is 0 Å². The standard InChI is InChI=1S/C16H16S/c1-14(16-10-6-3-7-11-16)12-17-13-15-8-4-2-5-9-15/h2-11H,1,12-13H2. The van der Waals surface area contributed by atoms with Gasteiger partial charge in [0.25, 0.3) is 0 Å². The Balaban J connectivity index is 1.82. The lowest BCUT2D eigenvalue weighted by molar-refractivity contribution is 1.41. The van der Waals surface area contributed by atoms with Crippen molar-refractivity contribution >= 4 is 17.3 Å². The highest BCUT2D eigenvalue weighted by Crippen LogP contribution is 2.20. The van der Waals surface area contributed by atoms with E-state index in [0.717, 1.165) is 11.5 Å². The minimum absolute atomic E-state index is 0.985. The van der Waals surface area contributed by atoms with Gasteiger partial charge in [0.2, 0.25) is 0 Å². The minimum Gasteiger partial charge on any atom is -0.152 e. The van der Waals surface area contributed by atoms with E-state index in [2.05, 4.69) is 61.2 Å². The van der Waals surface area contributed by atoms with Crippen LogP contribution in [0.15, 0.2) is 67.2 Å². The molecule has 2 aromatic rings. The molecule has 17 heavy (non-hydrogen) atoms. The summed E-state index contributed by atoms with van der Waals surface area (Å²) in [5.74, 6) is 2.03.